The normalized spacial score (nSPS) is 14.7. The zero-order valence-corrected chi connectivity index (χ0v) is 12.9. The van der Waals surface area contributed by atoms with Crippen LogP contribution in [0.3, 0.4) is 0 Å². The predicted molar refractivity (Wildman–Crippen MR) is 82.6 cm³/mol. The zero-order chi connectivity index (χ0) is 12.5. The topological polar surface area (TPSA) is 3.24 Å². The molecule has 1 aromatic carbocycles. The van der Waals surface area contributed by atoms with Gasteiger partial charge < -0.3 is 4.90 Å². The minimum absolute atomic E-state index is 1.02. The number of aryl methyl sites for hydroxylation is 2. The van der Waals surface area contributed by atoms with Crippen LogP contribution in [0.2, 0.25) is 0 Å². The maximum absolute atomic E-state index is 3.63. The largest absolute Gasteiger partial charge is 0.366 e. The molecule has 0 N–H and O–H groups in total. The Morgan fingerprint density at radius 2 is 2.22 bits per heavy atom. The van der Waals surface area contributed by atoms with Crippen molar-refractivity contribution in [1.82, 2.24) is 0 Å². The second-order valence-corrected chi connectivity index (χ2v) is 6.70. The number of thiophene rings is 1. The van der Waals surface area contributed by atoms with Crippen LogP contribution in [0.15, 0.2) is 34.1 Å². The molecular formula is C15H16BrNS. The lowest BCUT2D eigenvalue weighted by Gasteiger charge is -2.31. The molecule has 0 radical (unpaired) electrons. The molecule has 3 heteroatoms. The van der Waals surface area contributed by atoms with Gasteiger partial charge in [-0.05, 0) is 58.8 Å². The van der Waals surface area contributed by atoms with E-state index in [1.54, 1.807) is 0 Å². The van der Waals surface area contributed by atoms with Gasteiger partial charge in [0.25, 0.3) is 0 Å². The van der Waals surface area contributed by atoms with Gasteiger partial charge >= 0.3 is 0 Å². The minimum atomic E-state index is 1.02. The van der Waals surface area contributed by atoms with E-state index in [0.717, 1.165) is 6.54 Å². The van der Waals surface area contributed by atoms with E-state index in [2.05, 4.69) is 57.4 Å². The van der Waals surface area contributed by atoms with Crippen molar-refractivity contribution in [2.45, 2.75) is 26.3 Å². The maximum Gasteiger partial charge on any atom is 0.0534 e. The number of benzene rings is 1. The lowest BCUT2D eigenvalue weighted by Crippen LogP contribution is -2.28. The average molecular weight is 322 g/mol. The number of rotatable bonds is 2. The molecule has 0 saturated carbocycles. The second kappa shape index (κ2) is 5.06. The van der Waals surface area contributed by atoms with Crippen molar-refractivity contribution in [2.24, 2.45) is 0 Å². The fourth-order valence-corrected chi connectivity index (χ4v) is 4.07. The highest BCUT2D eigenvalue weighted by Crippen LogP contribution is 2.32. The Kier molecular flexibility index (Phi) is 3.44. The molecule has 0 amide bonds. The number of hydrogen-bond acceptors (Lipinski definition) is 2. The summed E-state index contributed by atoms with van der Waals surface area (Å²) >= 11 is 5.46. The van der Waals surface area contributed by atoms with E-state index in [-0.39, 0.29) is 0 Å². The van der Waals surface area contributed by atoms with Gasteiger partial charge in [0.2, 0.25) is 0 Å². The van der Waals surface area contributed by atoms with Crippen LogP contribution in [0.4, 0.5) is 5.69 Å². The Hall–Kier alpha value is -0.800. The second-order valence-electron chi connectivity index (χ2n) is 4.85. The van der Waals surface area contributed by atoms with Gasteiger partial charge in [-0.3, -0.25) is 0 Å². The molecule has 18 heavy (non-hydrogen) atoms. The maximum atomic E-state index is 3.63. The van der Waals surface area contributed by atoms with Gasteiger partial charge in [0.1, 0.15) is 0 Å². The van der Waals surface area contributed by atoms with Crippen molar-refractivity contribution in [1.29, 1.82) is 0 Å². The van der Waals surface area contributed by atoms with E-state index in [0.29, 0.717) is 0 Å². The third-order valence-electron chi connectivity index (χ3n) is 3.48. The number of fused-ring (bicyclic) bond motifs is 1. The first-order valence-corrected chi connectivity index (χ1v) is 7.97. The van der Waals surface area contributed by atoms with Gasteiger partial charge in [0, 0.05) is 21.6 Å². The van der Waals surface area contributed by atoms with E-state index >= 15 is 0 Å². The fourth-order valence-electron chi connectivity index (χ4n) is 2.58. The highest BCUT2D eigenvalue weighted by molar-refractivity contribution is 9.10. The molecule has 1 aliphatic heterocycles. The first kappa shape index (κ1) is 12.2. The number of anilines is 1. The van der Waals surface area contributed by atoms with Crippen molar-refractivity contribution < 1.29 is 0 Å². The lowest BCUT2D eigenvalue weighted by molar-refractivity contribution is 0.694. The van der Waals surface area contributed by atoms with E-state index in [1.807, 2.05) is 11.3 Å². The first-order valence-electron chi connectivity index (χ1n) is 6.30. The van der Waals surface area contributed by atoms with Crippen LogP contribution in [-0.2, 0) is 13.0 Å². The van der Waals surface area contributed by atoms with Crippen LogP contribution in [0.1, 0.15) is 22.4 Å². The predicted octanol–water partition coefficient (Wildman–Crippen LogP) is 4.77. The van der Waals surface area contributed by atoms with Crippen LogP contribution in [0.5, 0.6) is 0 Å². The highest BCUT2D eigenvalue weighted by atomic mass is 79.9. The molecule has 2 heterocycles. The van der Waals surface area contributed by atoms with Crippen LogP contribution >= 0.6 is 27.3 Å². The van der Waals surface area contributed by atoms with Crippen LogP contribution in [0.25, 0.3) is 0 Å². The fraction of sp³-hybridized carbons (Fsp3) is 0.333. The quantitative estimate of drug-likeness (QED) is 0.770. The molecule has 0 bridgehead atoms. The van der Waals surface area contributed by atoms with E-state index in [9.17, 15) is 0 Å². The molecule has 0 atom stereocenters. The summed E-state index contributed by atoms with van der Waals surface area (Å²) in [6.07, 6.45) is 2.48. The summed E-state index contributed by atoms with van der Waals surface area (Å²) in [7, 11) is 0. The standard InChI is InChI=1S/C15H16BrNS/c1-11-4-5-14-12(9-11)3-2-7-17(14)10-15-13(16)6-8-18-15/h4-6,8-9H,2-3,7,10H2,1H3. The summed E-state index contributed by atoms with van der Waals surface area (Å²) in [6, 6.07) is 8.98. The van der Waals surface area contributed by atoms with E-state index in [1.165, 1.54) is 45.6 Å². The molecule has 2 aromatic rings. The van der Waals surface area contributed by atoms with Gasteiger partial charge in [-0.25, -0.2) is 0 Å². The van der Waals surface area contributed by atoms with Crippen LogP contribution in [-0.4, -0.2) is 6.54 Å². The Bertz CT molecular complexity index is 561. The molecule has 1 aromatic heterocycles. The molecule has 0 spiro atoms. The molecule has 0 unspecified atom stereocenters. The zero-order valence-electron chi connectivity index (χ0n) is 10.4. The lowest BCUT2D eigenvalue weighted by atomic mass is 9.99. The van der Waals surface area contributed by atoms with Gasteiger partial charge in [-0.1, -0.05) is 17.7 Å². The molecule has 3 rings (SSSR count). The average Bonchev–Trinajstić information content (AvgIpc) is 2.75. The monoisotopic (exact) mass is 321 g/mol. The Labute approximate surface area is 121 Å². The van der Waals surface area contributed by atoms with Gasteiger partial charge in [-0.15, -0.1) is 11.3 Å². The molecule has 0 fully saturated rings. The molecular weight excluding hydrogens is 306 g/mol. The third-order valence-corrected chi connectivity index (χ3v) is 5.39. The van der Waals surface area contributed by atoms with Crippen molar-refractivity contribution in [3.63, 3.8) is 0 Å². The molecule has 1 aliphatic rings. The summed E-state index contributed by atoms with van der Waals surface area (Å²) in [5, 5.41) is 2.15. The minimum Gasteiger partial charge on any atom is -0.366 e. The Balaban J connectivity index is 1.90. The number of nitrogens with zero attached hydrogens (tertiary/aromatic N) is 1. The summed E-state index contributed by atoms with van der Waals surface area (Å²) < 4.78 is 1.24. The summed E-state index contributed by atoms with van der Waals surface area (Å²) in [5.41, 5.74) is 4.30. The smallest absolute Gasteiger partial charge is 0.0534 e. The summed E-state index contributed by atoms with van der Waals surface area (Å²) in [5.74, 6) is 0. The van der Waals surface area contributed by atoms with E-state index < -0.39 is 0 Å². The SMILES string of the molecule is Cc1ccc2c(c1)CCCN2Cc1sccc1Br. The van der Waals surface area contributed by atoms with Gasteiger partial charge in [0.05, 0.1) is 6.54 Å². The van der Waals surface area contributed by atoms with E-state index in [4.69, 9.17) is 0 Å². The molecule has 94 valence electrons. The van der Waals surface area contributed by atoms with Crippen LogP contribution < -0.4 is 4.90 Å². The first-order chi connectivity index (χ1) is 8.74. The Morgan fingerprint density at radius 3 is 3.00 bits per heavy atom. The van der Waals surface area contributed by atoms with Crippen LogP contribution in [0, 0.1) is 6.92 Å². The van der Waals surface area contributed by atoms with Crippen molar-refractivity contribution in [3.05, 3.63) is 50.1 Å². The molecule has 0 saturated heterocycles. The molecule has 1 nitrogen and oxygen atoms in total. The van der Waals surface area contributed by atoms with Crippen molar-refractivity contribution in [2.75, 3.05) is 11.4 Å². The summed E-state index contributed by atoms with van der Waals surface area (Å²) in [6.45, 7) is 4.36. The molecule has 0 aliphatic carbocycles. The van der Waals surface area contributed by atoms with Crippen molar-refractivity contribution >= 4 is 33.0 Å². The summed E-state index contributed by atoms with van der Waals surface area (Å²) in [4.78, 5) is 3.93. The van der Waals surface area contributed by atoms with Crippen molar-refractivity contribution in [3.8, 4) is 0 Å². The third kappa shape index (κ3) is 2.34. The number of hydrogen-bond donors (Lipinski definition) is 0. The number of halogens is 1. The Morgan fingerprint density at radius 1 is 1.33 bits per heavy atom. The highest BCUT2D eigenvalue weighted by Gasteiger charge is 2.18. The van der Waals surface area contributed by atoms with Gasteiger partial charge in [0.15, 0.2) is 0 Å². The van der Waals surface area contributed by atoms with Gasteiger partial charge in [-0.2, -0.15) is 0 Å².